The quantitative estimate of drug-likeness (QED) is 0.855. The number of nitrogens with zero attached hydrogens (tertiary/aromatic N) is 2. The summed E-state index contributed by atoms with van der Waals surface area (Å²) in [5, 5.41) is 0.770. The molecule has 0 N–H and O–H groups in total. The first-order valence-corrected chi connectivity index (χ1v) is 8.43. The topological polar surface area (TPSA) is 50.3 Å². The van der Waals surface area contributed by atoms with Crippen LogP contribution in [0.3, 0.4) is 0 Å². The number of thiazole rings is 1. The molecular formula is C13H14N2O2S2. The van der Waals surface area contributed by atoms with Gasteiger partial charge in [-0.2, -0.15) is 0 Å². The molecule has 0 atom stereocenters. The molecule has 3 rings (SSSR count). The van der Waals surface area contributed by atoms with E-state index in [-0.39, 0.29) is 0 Å². The lowest BCUT2D eigenvalue weighted by Crippen LogP contribution is -2.34. The first-order valence-electron chi connectivity index (χ1n) is 6.11. The molecule has 1 aromatic carbocycles. The summed E-state index contributed by atoms with van der Waals surface area (Å²) in [5.41, 5.74) is 3.66. The van der Waals surface area contributed by atoms with Gasteiger partial charge in [0.2, 0.25) is 0 Å². The van der Waals surface area contributed by atoms with E-state index in [4.69, 9.17) is 0 Å². The average Bonchev–Trinajstić information content (AvgIpc) is 2.87. The Morgan fingerprint density at radius 2 is 2.00 bits per heavy atom. The third-order valence-electron chi connectivity index (χ3n) is 3.23. The Bertz CT molecular complexity index is 690. The first-order chi connectivity index (χ1) is 9.09. The largest absolute Gasteiger partial charge is 0.264 e. The molecule has 0 bridgehead atoms. The van der Waals surface area contributed by atoms with Crippen LogP contribution < -0.4 is 4.31 Å². The highest BCUT2D eigenvalue weighted by molar-refractivity contribution is 7.93. The lowest BCUT2D eigenvalue weighted by Gasteiger charge is -2.27. The molecule has 6 heteroatoms. The summed E-state index contributed by atoms with van der Waals surface area (Å²) >= 11 is 1.39. The second kappa shape index (κ2) is 4.61. The fraction of sp³-hybridized carbons (Fsp3) is 0.308. The predicted octanol–water partition coefficient (Wildman–Crippen LogP) is 2.59. The zero-order valence-electron chi connectivity index (χ0n) is 10.5. The first kappa shape index (κ1) is 12.6. The number of aryl methyl sites for hydroxylation is 2. The van der Waals surface area contributed by atoms with Crippen LogP contribution in [0.25, 0.3) is 0 Å². The molecule has 0 saturated carbocycles. The highest BCUT2D eigenvalue weighted by atomic mass is 32.2. The summed E-state index contributed by atoms with van der Waals surface area (Å²) in [4.78, 5) is 4.59. The Labute approximate surface area is 116 Å². The highest BCUT2D eigenvalue weighted by Gasteiger charge is 2.30. The van der Waals surface area contributed by atoms with Gasteiger partial charge in [0.05, 0.1) is 16.1 Å². The smallest absolute Gasteiger partial charge is 0.255 e. The van der Waals surface area contributed by atoms with Crippen molar-refractivity contribution >= 4 is 26.4 Å². The van der Waals surface area contributed by atoms with Crippen molar-refractivity contribution in [2.24, 2.45) is 0 Å². The maximum atomic E-state index is 12.7. The SMILES string of the molecule is Cc1ccc(S(=O)(=O)N2CCCc3ncsc32)cc1. The van der Waals surface area contributed by atoms with Crippen LogP contribution in [0.1, 0.15) is 17.7 Å². The Morgan fingerprint density at radius 1 is 1.26 bits per heavy atom. The number of rotatable bonds is 2. The second-order valence-corrected chi connectivity index (χ2v) is 7.29. The zero-order chi connectivity index (χ0) is 13.5. The highest BCUT2D eigenvalue weighted by Crippen LogP contribution is 2.34. The van der Waals surface area contributed by atoms with Gasteiger partial charge in [0.25, 0.3) is 10.0 Å². The molecule has 0 fully saturated rings. The van der Waals surface area contributed by atoms with E-state index < -0.39 is 10.0 Å². The van der Waals surface area contributed by atoms with Gasteiger partial charge in [0, 0.05) is 6.54 Å². The molecule has 2 heterocycles. The van der Waals surface area contributed by atoms with Crippen molar-refractivity contribution in [2.45, 2.75) is 24.7 Å². The van der Waals surface area contributed by atoms with Crippen molar-refractivity contribution < 1.29 is 8.42 Å². The molecule has 0 aliphatic carbocycles. The second-order valence-electron chi connectivity index (χ2n) is 4.60. The lowest BCUT2D eigenvalue weighted by molar-refractivity contribution is 0.586. The average molecular weight is 294 g/mol. The summed E-state index contributed by atoms with van der Waals surface area (Å²) in [7, 11) is -3.46. The fourth-order valence-electron chi connectivity index (χ4n) is 2.20. The summed E-state index contributed by atoms with van der Waals surface area (Å²) in [6, 6.07) is 6.98. The van der Waals surface area contributed by atoms with Gasteiger partial charge in [-0.15, -0.1) is 11.3 Å². The molecule has 1 aliphatic rings. The summed E-state index contributed by atoms with van der Waals surface area (Å²) in [5.74, 6) is 0. The van der Waals surface area contributed by atoms with Crippen LogP contribution in [-0.2, 0) is 16.4 Å². The van der Waals surface area contributed by atoms with Gasteiger partial charge in [0.1, 0.15) is 5.00 Å². The minimum Gasteiger partial charge on any atom is -0.255 e. The van der Waals surface area contributed by atoms with Crippen LogP contribution >= 0.6 is 11.3 Å². The molecule has 100 valence electrons. The van der Waals surface area contributed by atoms with Crippen molar-refractivity contribution in [3.8, 4) is 0 Å². The van der Waals surface area contributed by atoms with Crippen molar-refractivity contribution in [1.29, 1.82) is 0 Å². The molecule has 0 saturated heterocycles. The van der Waals surface area contributed by atoms with E-state index in [1.54, 1.807) is 17.6 Å². The molecule has 2 aromatic rings. The van der Waals surface area contributed by atoms with E-state index >= 15 is 0 Å². The molecule has 4 nitrogen and oxygen atoms in total. The number of fused-ring (bicyclic) bond motifs is 1. The molecule has 0 amide bonds. The maximum absolute atomic E-state index is 12.7. The normalized spacial score (nSPS) is 15.3. The van der Waals surface area contributed by atoms with E-state index in [1.165, 1.54) is 15.6 Å². The summed E-state index contributed by atoms with van der Waals surface area (Å²) in [6.45, 7) is 2.48. The monoisotopic (exact) mass is 294 g/mol. The number of sulfonamides is 1. The van der Waals surface area contributed by atoms with Gasteiger partial charge in [-0.25, -0.2) is 13.4 Å². The van der Waals surface area contributed by atoms with Gasteiger partial charge in [-0.05, 0) is 31.9 Å². The van der Waals surface area contributed by atoms with Crippen molar-refractivity contribution in [3.63, 3.8) is 0 Å². The van der Waals surface area contributed by atoms with E-state index in [2.05, 4.69) is 4.98 Å². The lowest BCUT2D eigenvalue weighted by atomic mass is 10.2. The zero-order valence-corrected chi connectivity index (χ0v) is 12.2. The molecule has 19 heavy (non-hydrogen) atoms. The van der Waals surface area contributed by atoms with Crippen LogP contribution in [0, 0.1) is 6.92 Å². The number of benzene rings is 1. The number of aromatic nitrogens is 1. The van der Waals surface area contributed by atoms with E-state index in [0.717, 1.165) is 29.1 Å². The fourth-order valence-corrected chi connectivity index (χ4v) is 4.83. The molecule has 1 aliphatic heterocycles. The Kier molecular flexibility index (Phi) is 3.06. The van der Waals surface area contributed by atoms with E-state index in [9.17, 15) is 8.42 Å². The number of hydrogen-bond acceptors (Lipinski definition) is 4. The van der Waals surface area contributed by atoms with Crippen molar-refractivity contribution in [1.82, 2.24) is 4.98 Å². The standard InChI is InChI=1S/C13H14N2O2S2/c1-10-4-6-11(7-5-10)19(16,17)15-8-2-3-12-13(15)18-9-14-12/h4-7,9H,2-3,8H2,1H3. The van der Waals surface area contributed by atoms with E-state index in [1.807, 2.05) is 19.1 Å². The van der Waals surface area contributed by atoms with Crippen LogP contribution in [0.2, 0.25) is 0 Å². The maximum Gasteiger partial charge on any atom is 0.264 e. The van der Waals surface area contributed by atoms with Crippen LogP contribution in [0.5, 0.6) is 0 Å². The molecule has 0 spiro atoms. The van der Waals surface area contributed by atoms with Gasteiger partial charge in [-0.1, -0.05) is 17.7 Å². The third kappa shape index (κ3) is 2.15. The molecule has 0 unspecified atom stereocenters. The van der Waals surface area contributed by atoms with Crippen LogP contribution in [-0.4, -0.2) is 19.9 Å². The summed E-state index contributed by atoms with van der Waals surface area (Å²) < 4.78 is 26.8. The minimum atomic E-state index is -3.46. The minimum absolute atomic E-state index is 0.347. The van der Waals surface area contributed by atoms with Crippen LogP contribution in [0.4, 0.5) is 5.00 Å². The Balaban J connectivity index is 2.05. The number of anilines is 1. The van der Waals surface area contributed by atoms with Crippen molar-refractivity contribution in [3.05, 3.63) is 41.0 Å². The summed E-state index contributed by atoms with van der Waals surface area (Å²) in [6.07, 6.45) is 1.68. The Morgan fingerprint density at radius 3 is 2.74 bits per heavy atom. The van der Waals surface area contributed by atoms with Gasteiger partial charge in [0.15, 0.2) is 0 Å². The predicted molar refractivity (Wildman–Crippen MR) is 76.1 cm³/mol. The molecule has 1 aromatic heterocycles. The van der Waals surface area contributed by atoms with Gasteiger partial charge < -0.3 is 0 Å². The Hall–Kier alpha value is -1.40. The number of hydrogen-bond donors (Lipinski definition) is 0. The van der Waals surface area contributed by atoms with Gasteiger partial charge in [-0.3, -0.25) is 4.31 Å². The van der Waals surface area contributed by atoms with Crippen LogP contribution in [0.15, 0.2) is 34.7 Å². The van der Waals surface area contributed by atoms with Gasteiger partial charge >= 0.3 is 0 Å². The molecule has 0 radical (unpaired) electrons. The van der Waals surface area contributed by atoms with Crippen molar-refractivity contribution in [2.75, 3.05) is 10.8 Å². The third-order valence-corrected chi connectivity index (χ3v) is 6.05. The molecular weight excluding hydrogens is 280 g/mol. The van der Waals surface area contributed by atoms with E-state index in [0.29, 0.717) is 11.4 Å².